The Kier molecular flexibility index (Phi) is 5.29. The van der Waals surface area contributed by atoms with Crippen LogP contribution in [0, 0.1) is 11.7 Å². The van der Waals surface area contributed by atoms with Crippen LogP contribution in [0.4, 0.5) is 16.0 Å². The average molecular weight is 390 g/mol. The number of esters is 1. The van der Waals surface area contributed by atoms with E-state index >= 15 is 0 Å². The van der Waals surface area contributed by atoms with Gasteiger partial charge in [-0.1, -0.05) is 0 Å². The number of primary amides is 1. The normalized spacial score (nSPS) is 15.3. The zero-order valence-electron chi connectivity index (χ0n) is 14.3. The number of imidazole rings is 1. The van der Waals surface area contributed by atoms with Gasteiger partial charge in [-0.15, -0.1) is 0 Å². The molecule has 0 saturated heterocycles. The predicted octanol–water partition coefficient (Wildman–Crippen LogP) is -0.344. The molecule has 2 aromatic rings. The Hall–Kier alpha value is -3.83. The second-order valence-electron chi connectivity index (χ2n) is 5.92. The molecule has 28 heavy (non-hydrogen) atoms. The Balaban J connectivity index is 1.50. The first kappa shape index (κ1) is 18.9. The van der Waals surface area contributed by atoms with Crippen LogP contribution in [0.3, 0.4) is 0 Å². The van der Waals surface area contributed by atoms with Crippen molar-refractivity contribution >= 4 is 35.3 Å². The third-order valence-electron chi connectivity index (χ3n) is 3.87. The summed E-state index contributed by atoms with van der Waals surface area (Å²) in [6.07, 6.45) is 1.98. The van der Waals surface area contributed by atoms with Gasteiger partial charge in [0.25, 0.3) is 11.8 Å². The number of hydrogen-bond acceptors (Lipinski definition) is 7. The van der Waals surface area contributed by atoms with Crippen molar-refractivity contribution in [1.29, 1.82) is 0 Å². The standard InChI is InChI=1S/C16H15FN6O5/c17-9-1-2-10(19-4-9)21-11(24)6-28-12(25)3-8-5-23-7-20-13(14(18)26)15(23)22-16(8)27/h1-2,4,7-8H,3,5-6H2,(H2,18,26)(H,22,27)(H,19,21,24). The highest BCUT2D eigenvalue weighted by atomic mass is 19.1. The Morgan fingerprint density at radius 3 is 2.82 bits per heavy atom. The van der Waals surface area contributed by atoms with E-state index in [1.807, 2.05) is 0 Å². The smallest absolute Gasteiger partial charge is 0.307 e. The Labute approximate surface area is 157 Å². The minimum Gasteiger partial charge on any atom is -0.456 e. The second-order valence-corrected chi connectivity index (χ2v) is 5.92. The SMILES string of the molecule is NC(=O)c1ncn2c1NC(=O)C(CC(=O)OCC(=O)Nc1ccc(F)cn1)C2. The summed E-state index contributed by atoms with van der Waals surface area (Å²) < 4.78 is 19.1. The van der Waals surface area contributed by atoms with Gasteiger partial charge in [0.15, 0.2) is 12.3 Å². The highest BCUT2D eigenvalue weighted by molar-refractivity contribution is 6.02. The van der Waals surface area contributed by atoms with E-state index in [2.05, 4.69) is 20.6 Å². The highest BCUT2D eigenvalue weighted by Crippen LogP contribution is 2.24. The van der Waals surface area contributed by atoms with Gasteiger partial charge in [-0.3, -0.25) is 19.2 Å². The number of hydrogen-bond donors (Lipinski definition) is 3. The number of amides is 3. The molecule has 1 aliphatic heterocycles. The molecule has 3 rings (SSSR count). The summed E-state index contributed by atoms with van der Waals surface area (Å²) in [6, 6.07) is 2.37. The fraction of sp³-hybridized carbons (Fsp3) is 0.250. The van der Waals surface area contributed by atoms with Gasteiger partial charge in [0.1, 0.15) is 17.5 Å². The number of halogens is 1. The molecule has 11 nitrogen and oxygen atoms in total. The molecular formula is C16H15FN6O5. The highest BCUT2D eigenvalue weighted by Gasteiger charge is 2.31. The molecular weight excluding hydrogens is 375 g/mol. The number of anilines is 2. The van der Waals surface area contributed by atoms with Gasteiger partial charge >= 0.3 is 5.97 Å². The minimum atomic E-state index is -0.784. The minimum absolute atomic E-state index is 0.0690. The number of nitrogens with zero attached hydrogens (tertiary/aromatic N) is 3. The summed E-state index contributed by atoms with van der Waals surface area (Å²) >= 11 is 0. The molecule has 3 heterocycles. The summed E-state index contributed by atoms with van der Waals surface area (Å²) in [7, 11) is 0. The van der Waals surface area contributed by atoms with Crippen molar-refractivity contribution in [3.8, 4) is 0 Å². The third-order valence-corrected chi connectivity index (χ3v) is 3.87. The largest absolute Gasteiger partial charge is 0.456 e. The van der Waals surface area contributed by atoms with Gasteiger partial charge in [0.2, 0.25) is 5.91 Å². The van der Waals surface area contributed by atoms with E-state index in [4.69, 9.17) is 10.5 Å². The average Bonchev–Trinajstić information content (AvgIpc) is 3.05. The number of ether oxygens (including phenoxy) is 1. The molecule has 0 saturated carbocycles. The summed E-state index contributed by atoms with van der Waals surface area (Å²) in [5, 5.41) is 4.82. The molecule has 1 unspecified atom stereocenters. The van der Waals surface area contributed by atoms with Crippen molar-refractivity contribution < 1.29 is 28.3 Å². The third kappa shape index (κ3) is 4.28. The number of carbonyl (C=O) groups is 4. The molecule has 3 amide bonds. The van der Waals surface area contributed by atoms with Crippen LogP contribution in [0.2, 0.25) is 0 Å². The second kappa shape index (κ2) is 7.82. The van der Waals surface area contributed by atoms with Gasteiger partial charge in [-0.2, -0.15) is 0 Å². The molecule has 0 bridgehead atoms. The zero-order chi connectivity index (χ0) is 20.3. The quantitative estimate of drug-likeness (QED) is 0.569. The summed E-state index contributed by atoms with van der Waals surface area (Å²) in [4.78, 5) is 54.5. The Bertz CT molecular complexity index is 942. The Morgan fingerprint density at radius 2 is 2.14 bits per heavy atom. The topological polar surface area (TPSA) is 158 Å². The zero-order valence-corrected chi connectivity index (χ0v) is 14.3. The van der Waals surface area contributed by atoms with Crippen molar-refractivity contribution in [1.82, 2.24) is 14.5 Å². The van der Waals surface area contributed by atoms with Crippen molar-refractivity contribution in [2.45, 2.75) is 13.0 Å². The molecule has 12 heteroatoms. The maximum atomic E-state index is 12.8. The molecule has 0 radical (unpaired) electrons. The van der Waals surface area contributed by atoms with Crippen LogP contribution in [-0.2, 0) is 25.7 Å². The first-order chi connectivity index (χ1) is 13.3. The van der Waals surface area contributed by atoms with E-state index in [0.717, 1.165) is 12.3 Å². The molecule has 1 aliphatic rings. The number of pyridine rings is 1. The monoisotopic (exact) mass is 390 g/mol. The van der Waals surface area contributed by atoms with Gasteiger partial charge < -0.3 is 25.7 Å². The van der Waals surface area contributed by atoms with Crippen LogP contribution < -0.4 is 16.4 Å². The van der Waals surface area contributed by atoms with Crippen LogP contribution in [-0.4, -0.2) is 44.8 Å². The first-order valence-corrected chi connectivity index (χ1v) is 8.06. The van der Waals surface area contributed by atoms with Crippen LogP contribution in [0.1, 0.15) is 16.9 Å². The number of fused-ring (bicyclic) bond motifs is 1. The van der Waals surface area contributed by atoms with E-state index in [1.54, 1.807) is 0 Å². The van der Waals surface area contributed by atoms with Gasteiger partial charge in [-0.25, -0.2) is 14.4 Å². The number of nitrogens with one attached hydrogen (secondary N) is 2. The van der Waals surface area contributed by atoms with E-state index in [0.29, 0.717) is 0 Å². The van der Waals surface area contributed by atoms with Crippen molar-refractivity contribution in [2.75, 3.05) is 17.2 Å². The number of aromatic nitrogens is 3. The molecule has 0 fully saturated rings. The molecule has 2 aromatic heterocycles. The van der Waals surface area contributed by atoms with Crippen molar-refractivity contribution in [3.05, 3.63) is 36.2 Å². The summed E-state index contributed by atoms with van der Waals surface area (Å²) in [5.41, 5.74) is 5.10. The summed E-state index contributed by atoms with van der Waals surface area (Å²) in [5.74, 6) is -3.75. The molecule has 0 aromatic carbocycles. The van der Waals surface area contributed by atoms with Crippen LogP contribution >= 0.6 is 0 Å². The first-order valence-electron chi connectivity index (χ1n) is 8.06. The van der Waals surface area contributed by atoms with Gasteiger partial charge in [0.05, 0.1) is 24.9 Å². The van der Waals surface area contributed by atoms with Gasteiger partial charge in [0, 0.05) is 6.54 Å². The molecule has 4 N–H and O–H groups in total. The maximum absolute atomic E-state index is 12.8. The number of rotatable bonds is 6. The lowest BCUT2D eigenvalue weighted by atomic mass is 10.0. The molecule has 0 spiro atoms. The fourth-order valence-electron chi connectivity index (χ4n) is 2.56. The van der Waals surface area contributed by atoms with E-state index in [-0.39, 0.29) is 30.3 Å². The van der Waals surface area contributed by atoms with Crippen molar-refractivity contribution in [3.63, 3.8) is 0 Å². The molecule has 146 valence electrons. The van der Waals surface area contributed by atoms with Crippen LogP contribution in [0.25, 0.3) is 0 Å². The molecule has 0 aliphatic carbocycles. The summed E-state index contributed by atoms with van der Waals surface area (Å²) in [6.45, 7) is -0.489. The van der Waals surface area contributed by atoms with E-state index in [1.165, 1.54) is 17.0 Å². The van der Waals surface area contributed by atoms with E-state index in [9.17, 15) is 23.6 Å². The predicted molar refractivity (Wildman–Crippen MR) is 91.3 cm³/mol. The van der Waals surface area contributed by atoms with Crippen LogP contribution in [0.5, 0.6) is 0 Å². The van der Waals surface area contributed by atoms with Gasteiger partial charge in [-0.05, 0) is 12.1 Å². The lowest BCUT2D eigenvalue weighted by molar-refractivity contribution is -0.149. The maximum Gasteiger partial charge on any atom is 0.307 e. The molecule has 1 atom stereocenters. The van der Waals surface area contributed by atoms with Crippen molar-refractivity contribution in [2.24, 2.45) is 11.7 Å². The lowest BCUT2D eigenvalue weighted by Gasteiger charge is -2.23. The lowest BCUT2D eigenvalue weighted by Crippen LogP contribution is -2.36. The number of nitrogens with two attached hydrogens (primary N) is 1. The fourth-order valence-corrected chi connectivity index (χ4v) is 2.56. The van der Waals surface area contributed by atoms with E-state index < -0.39 is 42.0 Å². The Morgan fingerprint density at radius 1 is 1.36 bits per heavy atom. The van der Waals surface area contributed by atoms with Crippen LogP contribution in [0.15, 0.2) is 24.7 Å². The number of carbonyl (C=O) groups excluding carboxylic acids is 4.